The highest BCUT2D eigenvalue weighted by Gasteiger charge is 1.99. The molecule has 0 fully saturated rings. The lowest BCUT2D eigenvalue weighted by atomic mass is 10.3. The zero-order valence-corrected chi connectivity index (χ0v) is 7.49. The van der Waals surface area contributed by atoms with Crippen molar-refractivity contribution in [3.05, 3.63) is 42.1 Å². The fourth-order valence-electron chi connectivity index (χ4n) is 0.931. The Balaban J connectivity index is 2.86. The maximum absolute atomic E-state index is 5.81. The van der Waals surface area contributed by atoms with Gasteiger partial charge in [-0.3, -0.25) is 5.01 Å². The third-order valence-corrected chi connectivity index (χ3v) is 1.83. The van der Waals surface area contributed by atoms with Crippen molar-refractivity contribution in [1.29, 1.82) is 0 Å². The molecule has 64 valence electrons. The predicted molar refractivity (Wildman–Crippen MR) is 52.5 cm³/mol. The molecular weight excluding hydrogens is 148 g/mol. The van der Waals surface area contributed by atoms with Crippen LogP contribution in [0.3, 0.4) is 0 Å². The van der Waals surface area contributed by atoms with Crippen LogP contribution in [0.1, 0.15) is 13.8 Å². The topological polar surface area (TPSA) is 29.3 Å². The number of allylic oxidation sites excluding steroid dienone is 2. The lowest BCUT2D eigenvalue weighted by molar-refractivity contribution is 0.991. The highest BCUT2D eigenvalue weighted by molar-refractivity contribution is 5.49. The number of hydrogen-bond acceptors (Lipinski definition) is 2. The molecule has 0 aliphatic rings. The van der Waals surface area contributed by atoms with E-state index in [9.17, 15) is 0 Å². The van der Waals surface area contributed by atoms with Gasteiger partial charge in [-0.15, -0.1) is 0 Å². The highest BCUT2D eigenvalue weighted by Crippen LogP contribution is 2.13. The van der Waals surface area contributed by atoms with E-state index < -0.39 is 0 Å². The average Bonchev–Trinajstić information content (AvgIpc) is 2.17. The molecule has 0 spiro atoms. The smallest absolute Gasteiger partial charge is 0.0571 e. The Hall–Kier alpha value is -1.28. The van der Waals surface area contributed by atoms with E-state index in [4.69, 9.17) is 5.84 Å². The van der Waals surface area contributed by atoms with Gasteiger partial charge in [-0.2, -0.15) is 0 Å². The minimum atomic E-state index is 1.01. The minimum Gasteiger partial charge on any atom is -0.284 e. The van der Waals surface area contributed by atoms with E-state index >= 15 is 0 Å². The van der Waals surface area contributed by atoms with E-state index in [-0.39, 0.29) is 0 Å². The van der Waals surface area contributed by atoms with Crippen LogP contribution in [0.4, 0.5) is 5.69 Å². The van der Waals surface area contributed by atoms with Gasteiger partial charge in [-0.1, -0.05) is 24.3 Å². The standard InChI is InChI=1S/C10H14N2/c1-3-9(2)12(11)10-7-5-4-6-8-10/h3-8H,11H2,1-2H3/b9-3-. The molecule has 0 atom stereocenters. The van der Waals surface area contributed by atoms with Crippen LogP contribution in [0.2, 0.25) is 0 Å². The molecule has 0 heterocycles. The summed E-state index contributed by atoms with van der Waals surface area (Å²) in [5.74, 6) is 5.81. The third-order valence-electron chi connectivity index (χ3n) is 1.83. The number of rotatable bonds is 2. The molecule has 12 heavy (non-hydrogen) atoms. The van der Waals surface area contributed by atoms with Gasteiger partial charge >= 0.3 is 0 Å². The number of hydrogen-bond donors (Lipinski definition) is 1. The first-order chi connectivity index (χ1) is 5.75. The number of anilines is 1. The van der Waals surface area contributed by atoms with E-state index in [0.717, 1.165) is 11.4 Å². The molecule has 2 N–H and O–H groups in total. The quantitative estimate of drug-likeness (QED) is 0.534. The number of nitrogens with two attached hydrogens (primary N) is 1. The molecule has 0 unspecified atom stereocenters. The largest absolute Gasteiger partial charge is 0.284 e. The molecule has 1 rings (SSSR count). The van der Waals surface area contributed by atoms with Crippen LogP contribution in [-0.4, -0.2) is 0 Å². The van der Waals surface area contributed by atoms with Gasteiger partial charge in [0, 0.05) is 5.70 Å². The van der Waals surface area contributed by atoms with Gasteiger partial charge in [0.1, 0.15) is 0 Å². The molecule has 0 aliphatic heterocycles. The summed E-state index contributed by atoms with van der Waals surface area (Å²) in [6, 6.07) is 9.87. The number of nitrogens with zero attached hydrogens (tertiary/aromatic N) is 1. The second kappa shape index (κ2) is 3.93. The van der Waals surface area contributed by atoms with Gasteiger partial charge in [-0.05, 0) is 26.0 Å². The SMILES string of the molecule is C/C=C(/C)N(N)c1ccccc1. The Labute approximate surface area is 73.3 Å². The Morgan fingerprint density at radius 1 is 1.33 bits per heavy atom. The minimum absolute atomic E-state index is 1.01. The van der Waals surface area contributed by atoms with Gasteiger partial charge in [-0.25, -0.2) is 5.84 Å². The maximum Gasteiger partial charge on any atom is 0.0571 e. The van der Waals surface area contributed by atoms with Crippen LogP contribution in [0.5, 0.6) is 0 Å². The van der Waals surface area contributed by atoms with Crippen molar-refractivity contribution in [2.45, 2.75) is 13.8 Å². The molecule has 1 aromatic carbocycles. The first kappa shape index (κ1) is 8.81. The predicted octanol–water partition coefficient (Wildman–Crippen LogP) is 2.29. The van der Waals surface area contributed by atoms with Gasteiger partial charge in [0.2, 0.25) is 0 Å². The molecule has 0 aromatic heterocycles. The Morgan fingerprint density at radius 2 is 1.92 bits per heavy atom. The first-order valence-corrected chi connectivity index (χ1v) is 3.98. The lowest BCUT2D eigenvalue weighted by Crippen LogP contribution is -2.28. The second-order valence-corrected chi connectivity index (χ2v) is 2.64. The summed E-state index contributed by atoms with van der Waals surface area (Å²) < 4.78 is 0. The van der Waals surface area contributed by atoms with E-state index in [1.54, 1.807) is 5.01 Å². The summed E-state index contributed by atoms with van der Waals surface area (Å²) in [5, 5.41) is 1.67. The van der Waals surface area contributed by atoms with Crippen molar-refractivity contribution in [3.8, 4) is 0 Å². The van der Waals surface area contributed by atoms with Crippen LogP contribution >= 0.6 is 0 Å². The van der Waals surface area contributed by atoms with Crippen molar-refractivity contribution in [3.63, 3.8) is 0 Å². The van der Waals surface area contributed by atoms with Gasteiger partial charge in [0.25, 0.3) is 0 Å². The Kier molecular flexibility index (Phi) is 2.88. The molecule has 0 radical (unpaired) electrons. The van der Waals surface area contributed by atoms with E-state index in [0.29, 0.717) is 0 Å². The monoisotopic (exact) mass is 162 g/mol. The fraction of sp³-hybridized carbons (Fsp3) is 0.200. The molecule has 0 aliphatic carbocycles. The summed E-state index contributed by atoms with van der Waals surface area (Å²) in [6.07, 6.45) is 1.98. The van der Waals surface area contributed by atoms with Crippen LogP contribution < -0.4 is 10.9 Å². The van der Waals surface area contributed by atoms with Gasteiger partial charge < -0.3 is 0 Å². The van der Waals surface area contributed by atoms with E-state index in [1.807, 2.05) is 50.3 Å². The summed E-state index contributed by atoms with van der Waals surface area (Å²) >= 11 is 0. The zero-order valence-electron chi connectivity index (χ0n) is 7.49. The van der Waals surface area contributed by atoms with Crippen LogP contribution in [0, 0.1) is 0 Å². The van der Waals surface area contributed by atoms with Gasteiger partial charge in [0.15, 0.2) is 0 Å². The molecule has 2 nitrogen and oxygen atoms in total. The lowest BCUT2D eigenvalue weighted by Gasteiger charge is -2.18. The number of hydrazine groups is 1. The number of benzene rings is 1. The highest BCUT2D eigenvalue weighted by atomic mass is 15.4. The van der Waals surface area contributed by atoms with Crippen LogP contribution in [-0.2, 0) is 0 Å². The zero-order chi connectivity index (χ0) is 8.97. The van der Waals surface area contributed by atoms with Crippen molar-refractivity contribution < 1.29 is 0 Å². The third kappa shape index (κ3) is 1.86. The summed E-state index contributed by atoms with van der Waals surface area (Å²) in [4.78, 5) is 0. The first-order valence-electron chi connectivity index (χ1n) is 3.98. The molecule has 0 saturated carbocycles. The Bertz CT molecular complexity index is 264. The second-order valence-electron chi connectivity index (χ2n) is 2.64. The maximum atomic E-state index is 5.81. The molecule has 0 amide bonds. The number of para-hydroxylation sites is 1. The normalized spacial score (nSPS) is 11.4. The molecule has 1 aromatic rings. The fourth-order valence-corrected chi connectivity index (χ4v) is 0.931. The molecule has 2 heteroatoms. The Morgan fingerprint density at radius 3 is 2.42 bits per heavy atom. The summed E-state index contributed by atoms with van der Waals surface area (Å²) in [5.41, 5.74) is 2.05. The van der Waals surface area contributed by atoms with Crippen molar-refractivity contribution in [2.75, 3.05) is 5.01 Å². The van der Waals surface area contributed by atoms with E-state index in [2.05, 4.69) is 0 Å². The van der Waals surface area contributed by atoms with Gasteiger partial charge in [0.05, 0.1) is 5.69 Å². The average molecular weight is 162 g/mol. The summed E-state index contributed by atoms with van der Waals surface area (Å²) in [7, 11) is 0. The van der Waals surface area contributed by atoms with Crippen LogP contribution in [0.15, 0.2) is 42.1 Å². The van der Waals surface area contributed by atoms with E-state index in [1.165, 1.54) is 0 Å². The molecule has 0 bridgehead atoms. The van der Waals surface area contributed by atoms with Crippen molar-refractivity contribution in [1.82, 2.24) is 0 Å². The van der Waals surface area contributed by atoms with Crippen molar-refractivity contribution in [2.24, 2.45) is 5.84 Å². The summed E-state index contributed by atoms with van der Waals surface area (Å²) in [6.45, 7) is 3.95. The molecular formula is C10H14N2. The van der Waals surface area contributed by atoms with Crippen molar-refractivity contribution >= 4 is 5.69 Å². The molecule has 0 saturated heterocycles. The van der Waals surface area contributed by atoms with Crippen LogP contribution in [0.25, 0.3) is 0 Å².